The summed E-state index contributed by atoms with van der Waals surface area (Å²) < 4.78 is 15.3. The van der Waals surface area contributed by atoms with Gasteiger partial charge in [0.1, 0.15) is 0 Å². The number of hydrogen-bond donors (Lipinski definition) is 0. The molecule has 1 aromatic carbocycles. The molecule has 0 atom stereocenters. The van der Waals surface area contributed by atoms with Gasteiger partial charge in [-0.1, -0.05) is 0 Å². The van der Waals surface area contributed by atoms with E-state index in [-0.39, 0.29) is 5.82 Å². The molecule has 0 bridgehead atoms. The third-order valence-corrected chi connectivity index (χ3v) is 1.13. The van der Waals surface area contributed by atoms with Gasteiger partial charge < -0.3 is 0 Å². The van der Waals surface area contributed by atoms with E-state index in [1.165, 1.54) is 6.07 Å². The molecule has 0 radical (unpaired) electrons. The Balaban J connectivity index is 3.11. The predicted molar refractivity (Wildman–Crippen MR) is 39.0 cm³/mol. The van der Waals surface area contributed by atoms with Crippen LogP contribution in [0.4, 0.5) is 4.39 Å². The van der Waals surface area contributed by atoms with Crippen molar-refractivity contribution in [1.29, 1.82) is 0 Å². The Hall–Kier alpha value is -0.693. The van der Waals surface area contributed by atoms with Crippen molar-refractivity contribution in [3.8, 4) is 10.5 Å². The maximum absolute atomic E-state index is 12.7. The zero-order valence-corrected chi connectivity index (χ0v) is 5.69. The Morgan fingerprint density at radius 1 is 1.30 bits per heavy atom. The number of halogens is 1. The summed E-state index contributed by atoms with van der Waals surface area (Å²) in [6, 6.07) is 6.48. The third-order valence-electron chi connectivity index (χ3n) is 1.13. The van der Waals surface area contributed by atoms with Gasteiger partial charge in [-0.2, -0.15) is 0 Å². The molecule has 0 heterocycles. The Morgan fingerprint density at radius 2 is 2.00 bits per heavy atom. The van der Waals surface area contributed by atoms with Crippen molar-refractivity contribution in [3.63, 3.8) is 0 Å². The van der Waals surface area contributed by atoms with Crippen molar-refractivity contribution in [2.75, 3.05) is 0 Å². The van der Waals surface area contributed by atoms with Gasteiger partial charge in [0, 0.05) is 0 Å². The second-order valence-electron chi connectivity index (χ2n) is 1.85. The number of hydrogen-bond acceptors (Lipinski definition) is 0. The molecule has 0 fully saturated rings. The van der Waals surface area contributed by atoms with Crippen LogP contribution in [0.15, 0.2) is 24.3 Å². The quantitative estimate of drug-likeness (QED) is 0.363. The van der Waals surface area contributed by atoms with E-state index in [0.717, 1.165) is 0 Å². The fourth-order valence-corrected chi connectivity index (χ4v) is 0.697. The van der Waals surface area contributed by atoms with Gasteiger partial charge in [-0.25, -0.2) is 0 Å². The van der Waals surface area contributed by atoms with E-state index >= 15 is 0 Å². The summed E-state index contributed by atoms with van der Waals surface area (Å²) in [4.78, 5) is 0. The zero-order valence-electron chi connectivity index (χ0n) is 5.69. The van der Waals surface area contributed by atoms with E-state index in [4.69, 9.17) is 0 Å². The molecule has 0 N–H and O–H groups in total. The molecular formula is C8H4FLi. The SMILES string of the molecule is [Li][C]#Cc1ccccc1F. The fraction of sp³-hybridized carbons (Fsp3) is 0. The molecule has 0 aliphatic heterocycles. The molecule has 0 nitrogen and oxygen atoms in total. The van der Waals surface area contributed by atoms with Gasteiger partial charge in [0.15, 0.2) is 0 Å². The summed E-state index contributed by atoms with van der Waals surface area (Å²) in [7, 11) is 0. The Kier molecular flexibility index (Phi) is 2.57. The summed E-state index contributed by atoms with van der Waals surface area (Å²) >= 11 is 1.69. The van der Waals surface area contributed by atoms with Crippen LogP contribution in [0.3, 0.4) is 0 Å². The molecule has 0 saturated carbocycles. The number of rotatable bonds is 0. The topological polar surface area (TPSA) is 0 Å². The van der Waals surface area contributed by atoms with Crippen LogP contribution < -0.4 is 0 Å². The summed E-state index contributed by atoms with van der Waals surface area (Å²) in [5.74, 6) is 2.40. The molecule has 2 heteroatoms. The molecular weight excluding hydrogens is 122 g/mol. The molecule has 0 spiro atoms. The molecule has 0 aliphatic rings. The van der Waals surface area contributed by atoms with Gasteiger partial charge in [0.2, 0.25) is 0 Å². The molecule has 0 aromatic heterocycles. The van der Waals surface area contributed by atoms with Crippen molar-refractivity contribution >= 4 is 17.7 Å². The molecule has 0 unspecified atom stereocenters. The minimum atomic E-state index is -0.253. The predicted octanol–water partition coefficient (Wildman–Crippen LogP) is 1.30. The Morgan fingerprint density at radius 3 is 2.60 bits per heavy atom. The van der Waals surface area contributed by atoms with Crippen LogP contribution in [0.2, 0.25) is 0 Å². The number of benzene rings is 1. The maximum atomic E-state index is 12.7. The monoisotopic (exact) mass is 126 g/mol. The van der Waals surface area contributed by atoms with Crippen LogP contribution in [0.5, 0.6) is 0 Å². The van der Waals surface area contributed by atoms with Crippen molar-refractivity contribution in [3.05, 3.63) is 35.6 Å². The van der Waals surface area contributed by atoms with Crippen LogP contribution >= 0.6 is 0 Å². The van der Waals surface area contributed by atoms with Gasteiger partial charge in [-0.3, -0.25) is 0 Å². The Labute approximate surface area is 68.6 Å². The molecule has 0 aliphatic carbocycles. The first-order valence-electron chi connectivity index (χ1n) is 3.02. The molecule has 1 aromatic rings. The standard InChI is InChI=1S/C8H4F.Li/c1-2-7-5-3-4-6-8(7)9;/h3-6H;. The average molecular weight is 126 g/mol. The minimum absolute atomic E-state index is 0.253. The third kappa shape index (κ3) is 1.64. The first-order chi connectivity index (χ1) is 4.84. The van der Waals surface area contributed by atoms with Crippen molar-refractivity contribution in [2.24, 2.45) is 0 Å². The van der Waals surface area contributed by atoms with Crippen LogP contribution in [0.1, 0.15) is 5.56 Å². The molecule has 10 heavy (non-hydrogen) atoms. The van der Waals surface area contributed by atoms with E-state index in [1.54, 1.807) is 35.9 Å². The van der Waals surface area contributed by atoms with E-state index in [1.807, 2.05) is 0 Å². The Bertz CT molecular complexity index is 283. The van der Waals surface area contributed by atoms with Crippen molar-refractivity contribution in [1.82, 2.24) is 0 Å². The second-order valence-corrected chi connectivity index (χ2v) is 1.85. The summed E-state index contributed by atoms with van der Waals surface area (Å²) in [5, 5.41) is 0. The van der Waals surface area contributed by atoms with Crippen LogP contribution in [0.25, 0.3) is 0 Å². The summed E-state index contributed by atoms with van der Waals surface area (Å²) in [5.41, 5.74) is 0.463. The van der Waals surface area contributed by atoms with E-state index in [9.17, 15) is 4.39 Å². The van der Waals surface area contributed by atoms with Crippen LogP contribution in [-0.2, 0) is 0 Å². The summed E-state index contributed by atoms with van der Waals surface area (Å²) in [6.45, 7) is 0. The first-order valence-corrected chi connectivity index (χ1v) is 3.02. The van der Waals surface area contributed by atoms with E-state index in [0.29, 0.717) is 5.56 Å². The molecule has 0 amide bonds. The van der Waals surface area contributed by atoms with Gasteiger partial charge in [0.25, 0.3) is 0 Å². The normalized spacial score (nSPS) is 8.30. The van der Waals surface area contributed by atoms with E-state index in [2.05, 4.69) is 10.5 Å². The summed E-state index contributed by atoms with van der Waals surface area (Å²) in [6.07, 6.45) is 0. The van der Waals surface area contributed by atoms with Gasteiger partial charge in [0.05, 0.1) is 0 Å². The van der Waals surface area contributed by atoms with Gasteiger partial charge >= 0.3 is 68.3 Å². The average Bonchev–Trinajstić information content (AvgIpc) is 1.94. The van der Waals surface area contributed by atoms with E-state index < -0.39 is 0 Å². The van der Waals surface area contributed by atoms with Crippen molar-refractivity contribution < 1.29 is 4.39 Å². The fourth-order valence-electron chi connectivity index (χ4n) is 0.697. The molecule has 1 rings (SSSR count). The van der Waals surface area contributed by atoms with Crippen LogP contribution in [-0.4, -0.2) is 17.7 Å². The van der Waals surface area contributed by atoms with Crippen LogP contribution in [0, 0.1) is 16.3 Å². The molecule has 0 saturated heterocycles. The first kappa shape index (κ1) is 7.41. The zero-order chi connectivity index (χ0) is 7.40. The van der Waals surface area contributed by atoms with Gasteiger partial charge in [-0.05, 0) is 0 Å². The van der Waals surface area contributed by atoms with Crippen molar-refractivity contribution in [2.45, 2.75) is 0 Å². The second kappa shape index (κ2) is 3.47. The van der Waals surface area contributed by atoms with Gasteiger partial charge in [-0.15, -0.1) is 0 Å². The molecule has 44 valence electrons.